The van der Waals surface area contributed by atoms with Crippen molar-refractivity contribution in [2.45, 2.75) is 32.7 Å². The number of nitrogens with one attached hydrogen (secondary N) is 1. The van der Waals surface area contributed by atoms with E-state index in [2.05, 4.69) is 10.3 Å². The average molecular weight is 319 g/mol. The molecule has 0 saturated heterocycles. The summed E-state index contributed by atoms with van der Waals surface area (Å²) in [6.45, 7) is 3.54. The van der Waals surface area contributed by atoms with Crippen LogP contribution in [0, 0.1) is 13.8 Å². The van der Waals surface area contributed by atoms with Crippen molar-refractivity contribution in [1.82, 2.24) is 10.3 Å². The van der Waals surface area contributed by atoms with Gasteiger partial charge in [0.15, 0.2) is 6.61 Å². The van der Waals surface area contributed by atoms with Gasteiger partial charge in [0.05, 0.1) is 5.69 Å². The number of hydrogen-bond acceptors (Lipinski definition) is 6. The minimum Gasteiger partial charge on any atom is -0.451 e. The number of carbonyl (C=O) groups excluding carboxylic acids is 2. The smallest absolute Gasteiger partial charge is 0.351 e. The van der Waals surface area contributed by atoms with Crippen LogP contribution in [0.1, 0.15) is 33.8 Å². The van der Waals surface area contributed by atoms with E-state index in [-0.39, 0.29) is 18.6 Å². The Morgan fingerprint density at radius 1 is 1.45 bits per heavy atom. The van der Waals surface area contributed by atoms with Crippen molar-refractivity contribution in [2.24, 2.45) is 0 Å². The van der Waals surface area contributed by atoms with E-state index in [1.165, 1.54) is 11.3 Å². The number of thiophene rings is 1. The van der Waals surface area contributed by atoms with Crippen LogP contribution < -0.4 is 11.1 Å². The quantitative estimate of drug-likeness (QED) is 0.840. The number of nitrogens with two attached hydrogens (primary N) is 1. The lowest BCUT2D eigenvalue weighted by atomic mass is 10.1. The molecule has 22 heavy (non-hydrogen) atoms. The van der Waals surface area contributed by atoms with Crippen molar-refractivity contribution >= 4 is 39.1 Å². The zero-order chi connectivity index (χ0) is 15.9. The molecular weight excluding hydrogens is 302 g/mol. The molecule has 6 nitrogen and oxygen atoms in total. The van der Waals surface area contributed by atoms with E-state index in [1.807, 2.05) is 19.9 Å². The zero-order valence-corrected chi connectivity index (χ0v) is 13.3. The molecule has 0 unspecified atom stereocenters. The van der Waals surface area contributed by atoms with Crippen LogP contribution in [0.3, 0.4) is 0 Å². The van der Waals surface area contributed by atoms with Gasteiger partial charge in [-0.15, -0.1) is 11.3 Å². The standard InChI is InChI=1S/C15H17N3O3S/c1-7-5-8(2)17-14-11(7)12(16)13(22-14)15(20)21-6-10(19)18-9-3-4-9/h5,9H,3-4,6,16H2,1-2H3,(H,18,19). The molecule has 0 aromatic carbocycles. The van der Waals surface area contributed by atoms with Gasteiger partial charge in [-0.1, -0.05) is 0 Å². The molecule has 1 aliphatic rings. The summed E-state index contributed by atoms with van der Waals surface area (Å²) in [5.74, 6) is -0.857. The van der Waals surface area contributed by atoms with Gasteiger partial charge in [0.1, 0.15) is 9.71 Å². The first-order chi connectivity index (χ1) is 10.5. The van der Waals surface area contributed by atoms with Gasteiger partial charge in [0, 0.05) is 17.1 Å². The van der Waals surface area contributed by atoms with E-state index >= 15 is 0 Å². The summed E-state index contributed by atoms with van der Waals surface area (Å²) in [7, 11) is 0. The Hall–Kier alpha value is -2.15. The van der Waals surface area contributed by atoms with Crippen LogP contribution >= 0.6 is 11.3 Å². The molecule has 0 bridgehead atoms. The van der Waals surface area contributed by atoms with Crippen molar-refractivity contribution < 1.29 is 14.3 Å². The number of rotatable bonds is 4. The second kappa shape index (κ2) is 5.57. The van der Waals surface area contributed by atoms with E-state index in [0.29, 0.717) is 15.4 Å². The summed E-state index contributed by atoms with van der Waals surface area (Å²) in [5, 5.41) is 3.54. The number of fused-ring (bicyclic) bond motifs is 1. The van der Waals surface area contributed by atoms with Crippen LogP contribution in [-0.2, 0) is 9.53 Å². The predicted octanol–water partition coefficient (Wildman–Crippen LogP) is 1.93. The highest BCUT2D eigenvalue weighted by molar-refractivity contribution is 7.21. The number of carbonyl (C=O) groups is 2. The second-order valence-corrected chi connectivity index (χ2v) is 6.52. The summed E-state index contributed by atoms with van der Waals surface area (Å²) < 4.78 is 5.05. The largest absolute Gasteiger partial charge is 0.451 e. The number of anilines is 1. The van der Waals surface area contributed by atoms with Gasteiger partial charge in [-0.25, -0.2) is 9.78 Å². The number of esters is 1. The van der Waals surface area contributed by atoms with Gasteiger partial charge in [-0.3, -0.25) is 4.79 Å². The Labute approximate surface area is 131 Å². The molecule has 0 radical (unpaired) electrons. The molecule has 3 N–H and O–H groups in total. The minimum atomic E-state index is -0.580. The second-order valence-electron chi connectivity index (χ2n) is 5.52. The normalized spacial score (nSPS) is 14.1. The molecule has 0 spiro atoms. The van der Waals surface area contributed by atoms with Crippen molar-refractivity contribution in [3.05, 3.63) is 22.2 Å². The number of nitrogen functional groups attached to an aromatic ring is 1. The van der Waals surface area contributed by atoms with Crippen molar-refractivity contribution in [3.63, 3.8) is 0 Å². The molecule has 1 aliphatic carbocycles. The van der Waals surface area contributed by atoms with E-state index in [0.717, 1.165) is 29.5 Å². The maximum absolute atomic E-state index is 12.1. The minimum absolute atomic E-state index is 0.246. The molecule has 1 saturated carbocycles. The number of ether oxygens (including phenoxy) is 1. The molecule has 116 valence electrons. The third kappa shape index (κ3) is 2.89. The Morgan fingerprint density at radius 3 is 2.86 bits per heavy atom. The van der Waals surface area contributed by atoms with Crippen LogP contribution in [0.15, 0.2) is 6.07 Å². The fourth-order valence-electron chi connectivity index (χ4n) is 2.31. The van der Waals surface area contributed by atoms with E-state index in [1.54, 1.807) is 0 Å². The Kier molecular flexibility index (Phi) is 3.74. The molecule has 0 atom stereocenters. The molecule has 1 amide bonds. The molecule has 7 heteroatoms. The van der Waals surface area contributed by atoms with Gasteiger partial charge in [0.2, 0.25) is 0 Å². The predicted molar refractivity (Wildman–Crippen MR) is 85.0 cm³/mol. The third-order valence-corrected chi connectivity index (χ3v) is 4.57. The molecule has 2 heterocycles. The highest BCUT2D eigenvalue weighted by atomic mass is 32.1. The summed E-state index contributed by atoms with van der Waals surface area (Å²) in [4.78, 5) is 29.1. The molecule has 3 rings (SSSR count). The number of hydrogen-bond donors (Lipinski definition) is 2. The van der Waals surface area contributed by atoms with Gasteiger partial charge < -0.3 is 15.8 Å². The molecule has 2 aromatic rings. The number of aryl methyl sites for hydroxylation is 2. The molecular formula is C15H17N3O3S. The van der Waals surface area contributed by atoms with Gasteiger partial charge >= 0.3 is 5.97 Å². The van der Waals surface area contributed by atoms with Crippen LogP contribution in [0.2, 0.25) is 0 Å². The van der Waals surface area contributed by atoms with Crippen LogP contribution in [-0.4, -0.2) is 29.5 Å². The van der Waals surface area contributed by atoms with E-state index < -0.39 is 5.97 Å². The van der Waals surface area contributed by atoms with Crippen LogP contribution in [0.4, 0.5) is 5.69 Å². The summed E-state index contributed by atoms with van der Waals surface area (Å²) in [5.41, 5.74) is 8.27. The van der Waals surface area contributed by atoms with Crippen molar-refractivity contribution in [1.29, 1.82) is 0 Å². The lowest BCUT2D eigenvalue weighted by Crippen LogP contribution is -2.30. The molecule has 2 aromatic heterocycles. The summed E-state index contributed by atoms with van der Waals surface area (Å²) >= 11 is 1.20. The maximum Gasteiger partial charge on any atom is 0.351 e. The summed E-state index contributed by atoms with van der Waals surface area (Å²) in [6, 6.07) is 2.17. The fourth-order valence-corrected chi connectivity index (χ4v) is 3.42. The number of amides is 1. The topological polar surface area (TPSA) is 94.3 Å². The number of nitrogens with zero attached hydrogens (tertiary/aromatic N) is 1. The van der Waals surface area contributed by atoms with Gasteiger partial charge in [-0.05, 0) is 38.3 Å². The van der Waals surface area contributed by atoms with E-state index in [4.69, 9.17) is 10.5 Å². The first kappa shape index (κ1) is 14.8. The monoisotopic (exact) mass is 319 g/mol. The third-order valence-electron chi connectivity index (χ3n) is 3.49. The highest BCUT2D eigenvalue weighted by Gasteiger charge is 2.25. The lowest BCUT2D eigenvalue weighted by molar-refractivity contribution is -0.124. The average Bonchev–Trinajstić information content (AvgIpc) is 3.18. The van der Waals surface area contributed by atoms with Crippen LogP contribution in [0.25, 0.3) is 10.2 Å². The maximum atomic E-state index is 12.1. The van der Waals surface area contributed by atoms with Crippen molar-refractivity contribution in [2.75, 3.05) is 12.3 Å². The molecule has 1 fully saturated rings. The summed E-state index contributed by atoms with van der Waals surface area (Å²) in [6.07, 6.45) is 1.99. The van der Waals surface area contributed by atoms with Crippen molar-refractivity contribution in [3.8, 4) is 0 Å². The number of pyridine rings is 1. The highest BCUT2D eigenvalue weighted by Crippen LogP contribution is 2.35. The SMILES string of the molecule is Cc1cc(C)c2c(N)c(C(=O)OCC(=O)NC3CC3)sc2n1. The van der Waals surface area contributed by atoms with E-state index in [9.17, 15) is 9.59 Å². The lowest BCUT2D eigenvalue weighted by Gasteiger charge is -2.05. The van der Waals surface area contributed by atoms with Gasteiger partial charge in [0.25, 0.3) is 5.91 Å². The Bertz CT molecular complexity index is 765. The molecule has 0 aliphatic heterocycles. The Balaban J connectivity index is 1.77. The zero-order valence-electron chi connectivity index (χ0n) is 12.4. The first-order valence-electron chi connectivity index (χ1n) is 7.08. The fraction of sp³-hybridized carbons (Fsp3) is 0.400. The first-order valence-corrected chi connectivity index (χ1v) is 7.90. The number of aromatic nitrogens is 1. The Morgan fingerprint density at radius 2 is 2.18 bits per heavy atom. The van der Waals surface area contributed by atoms with Crippen LogP contribution in [0.5, 0.6) is 0 Å². The van der Waals surface area contributed by atoms with Gasteiger partial charge in [-0.2, -0.15) is 0 Å².